The van der Waals surface area contributed by atoms with Crippen LogP contribution in [-0.2, 0) is 10.0 Å². The predicted octanol–water partition coefficient (Wildman–Crippen LogP) is -0.289. The molecule has 0 amide bonds. The standard InChI is InChI=1S/C9H10N6O4S/c1-4-5(2)12-14-9(11-4)15-20(18,19)7-6(8(16)17)3-10-13-7/h3H,1-2H3,(H,10,13)(H,16,17)(H,11,14,15). The number of aryl methyl sites for hydroxylation is 2. The van der Waals surface area contributed by atoms with Gasteiger partial charge in [-0.15, -0.1) is 5.10 Å². The van der Waals surface area contributed by atoms with E-state index >= 15 is 0 Å². The van der Waals surface area contributed by atoms with Crippen LogP contribution in [0.5, 0.6) is 0 Å². The average molecular weight is 298 g/mol. The van der Waals surface area contributed by atoms with Gasteiger partial charge in [0, 0.05) is 0 Å². The van der Waals surface area contributed by atoms with Gasteiger partial charge in [0.15, 0.2) is 5.03 Å². The lowest BCUT2D eigenvalue weighted by Gasteiger charge is -2.06. The molecule has 0 unspecified atom stereocenters. The van der Waals surface area contributed by atoms with E-state index in [4.69, 9.17) is 5.11 Å². The fourth-order valence-corrected chi connectivity index (χ4v) is 2.33. The van der Waals surface area contributed by atoms with Crippen LogP contribution in [0.3, 0.4) is 0 Å². The van der Waals surface area contributed by atoms with Crippen LogP contribution in [0.25, 0.3) is 0 Å². The van der Waals surface area contributed by atoms with Crippen LogP contribution in [0.4, 0.5) is 5.95 Å². The zero-order valence-corrected chi connectivity index (χ0v) is 11.3. The Hall–Kier alpha value is -2.56. The van der Waals surface area contributed by atoms with Gasteiger partial charge in [-0.3, -0.25) is 5.10 Å². The monoisotopic (exact) mass is 298 g/mol. The van der Waals surface area contributed by atoms with E-state index in [1.54, 1.807) is 13.8 Å². The summed E-state index contributed by atoms with van der Waals surface area (Å²) in [4.78, 5) is 14.8. The molecule has 0 bridgehead atoms. The van der Waals surface area contributed by atoms with E-state index in [2.05, 4.69) is 25.4 Å². The van der Waals surface area contributed by atoms with Gasteiger partial charge in [0.05, 0.1) is 17.6 Å². The summed E-state index contributed by atoms with van der Waals surface area (Å²) in [5, 5.41) is 21.1. The Kier molecular flexibility index (Phi) is 3.36. The van der Waals surface area contributed by atoms with Crippen molar-refractivity contribution in [3.05, 3.63) is 23.1 Å². The van der Waals surface area contributed by atoms with Crippen molar-refractivity contribution in [3.63, 3.8) is 0 Å². The zero-order chi connectivity index (χ0) is 14.9. The minimum absolute atomic E-state index is 0.251. The number of rotatable bonds is 4. The number of hydrogen-bond donors (Lipinski definition) is 3. The molecule has 11 heteroatoms. The van der Waals surface area contributed by atoms with E-state index in [-0.39, 0.29) is 5.95 Å². The first-order valence-corrected chi connectivity index (χ1v) is 6.77. The predicted molar refractivity (Wildman–Crippen MR) is 65.7 cm³/mol. The number of aromatic carboxylic acids is 1. The highest BCUT2D eigenvalue weighted by atomic mass is 32.2. The molecule has 0 saturated carbocycles. The van der Waals surface area contributed by atoms with Gasteiger partial charge >= 0.3 is 5.97 Å². The molecule has 0 fully saturated rings. The van der Waals surface area contributed by atoms with Crippen molar-refractivity contribution in [1.82, 2.24) is 25.4 Å². The van der Waals surface area contributed by atoms with Crippen molar-refractivity contribution in [2.45, 2.75) is 18.9 Å². The van der Waals surface area contributed by atoms with Crippen LogP contribution in [0.15, 0.2) is 11.2 Å². The molecule has 0 aliphatic rings. The molecular weight excluding hydrogens is 288 g/mol. The van der Waals surface area contributed by atoms with Gasteiger partial charge in [-0.25, -0.2) is 14.5 Å². The molecule has 2 aromatic rings. The Bertz CT molecular complexity index is 768. The first-order valence-electron chi connectivity index (χ1n) is 5.28. The highest BCUT2D eigenvalue weighted by molar-refractivity contribution is 7.92. The molecule has 2 heterocycles. The van der Waals surface area contributed by atoms with E-state index in [1.165, 1.54) is 0 Å². The molecule has 20 heavy (non-hydrogen) atoms. The molecule has 10 nitrogen and oxygen atoms in total. The number of carboxylic acids is 1. The molecule has 3 N–H and O–H groups in total. The third-order valence-corrected chi connectivity index (χ3v) is 3.72. The van der Waals surface area contributed by atoms with E-state index in [0.29, 0.717) is 11.4 Å². The molecule has 0 aliphatic heterocycles. The lowest BCUT2D eigenvalue weighted by atomic mass is 10.4. The first-order chi connectivity index (χ1) is 9.31. The van der Waals surface area contributed by atoms with Crippen molar-refractivity contribution in [3.8, 4) is 0 Å². The van der Waals surface area contributed by atoms with Crippen molar-refractivity contribution in [2.75, 3.05) is 4.72 Å². The molecule has 0 spiro atoms. The summed E-state index contributed by atoms with van der Waals surface area (Å²) in [5.41, 5.74) is 0.579. The summed E-state index contributed by atoms with van der Waals surface area (Å²) in [6.07, 6.45) is 0.899. The number of nitrogens with one attached hydrogen (secondary N) is 2. The van der Waals surface area contributed by atoms with Crippen LogP contribution < -0.4 is 4.72 Å². The van der Waals surface area contributed by atoms with Crippen LogP contribution in [0.1, 0.15) is 21.7 Å². The Balaban J connectivity index is 2.38. The van der Waals surface area contributed by atoms with Gasteiger partial charge in [-0.2, -0.15) is 18.6 Å². The van der Waals surface area contributed by atoms with Crippen LogP contribution in [0.2, 0.25) is 0 Å². The maximum absolute atomic E-state index is 12.0. The molecule has 0 aromatic carbocycles. The first kappa shape index (κ1) is 13.9. The largest absolute Gasteiger partial charge is 0.478 e. The number of hydrogen-bond acceptors (Lipinski definition) is 7. The summed E-state index contributed by atoms with van der Waals surface area (Å²) < 4.78 is 26.1. The van der Waals surface area contributed by atoms with Gasteiger partial charge in [0.25, 0.3) is 16.0 Å². The summed E-state index contributed by atoms with van der Waals surface area (Å²) in [6.45, 7) is 3.31. The van der Waals surface area contributed by atoms with Gasteiger partial charge in [-0.1, -0.05) is 0 Å². The number of aromatic amines is 1. The van der Waals surface area contributed by atoms with Crippen LogP contribution >= 0.6 is 0 Å². The number of anilines is 1. The SMILES string of the molecule is Cc1nnc(NS(=O)(=O)c2[nH]ncc2C(=O)O)nc1C. The van der Waals surface area contributed by atoms with Crippen molar-refractivity contribution in [1.29, 1.82) is 0 Å². The third-order valence-electron chi connectivity index (χ3n) is 2.42. The fourth-order valence-electron chi connectivity index (χ4n) is 1.30. The highest BCUT2D eigenvalue weighted by Gasteiger charge is 2.25. The topological polar surface area (TPSA) is 151 Å². The Morgan fingerprint density at radius 2 is 2.00 bits per heavy atom. The summed E-state index contributed by atoms with van der Waals surface area (Å²) >= 11 is 0. The Morgan fingerprint density at radius 1 is 1.30 bits per heavy atom. The lowest BCUT2D eigenvalue weighted by molar-refractivity contribution is 0.0692. The molecule has 0 radical (unpaired) electrons. The normalized spacial score (nSPS) is 11.3. The van der Waals surface area contributed by atoms with Crippen molar-refractivity contribution >= 4 is 21.9 Å². The van der Waals surface area contributed by atoms with E-state index in [1.807, 2.05) is 4.72 Å². The highest BCUT2D eigenvalue weighted by Crippen LogP contribution is 2.15. The molecule has 0 aliphatic carbocycles. The van der Waals surface area contributed by atoms with Gasteiger partial charge in [-0.05, 0) is 13.8 Å². The molecule has 2 aromatic heterocycles. The van der Waals surface area contributed by atoms with Gasteiger partial charge in [0.1, 0.15) is 5.56 Å². The fraction of sp³-hybridized carbons (Fsp3) is 0.222. The quantitative estimate of drug-likeness (QED) is 0.696. The molecule has 106 valence electrons. The summed E-state index contributed by atoms with van der Waals surface area (Å²) in [7, 11) is -4.19. The second-order valence-electron chi connectivity index (χ2n) is 3.83. The second-order valence-corrected chi connectivity index (χ2v) is 5.45. The molecular formula is C9H10N6O4S. The van der Waals surface area contributed by atoms with Crippen LogP contribution in [-0.4, -0.2) is 44.9 Å². The van der Waals surface area contributed by atoms with Crippen molar-refractivity contribution < 1.29 is 18.3 Å². The van der Waals surface area contributed by atoms with Gasteiger partial charge < -0.3 is 5.11 Å². The van der Waals surface area contributed by atoms with E-state index in [9.17, 15) is 13.2 Å². The lowest BCUT2D eigenvalue weighted by Crippen LogP contribution is -2.19. The molecule has 0 atom stereocenters. The summed E-state index contributed by atoms with van der Waals surface area (Å²) in [5.74, 6) is -1.67. The smallest absolute Gasteiger partial charge is 0.340 e. The zero-order valence-electron chi connectivity index (χ0n) is 10.4. The van der Waals surface area contributed by atoms with E-state index < -0.39 is 26.6 Å². The molecule has 2 rings (SSSR count). The number of carboxylic acid groups (broad SMARTS) is 1. The Morgan fingerprint density at radius 3 is 2.60 bits per heavy atom. The number of sulfonamides is 1. The average Bonchev–Trinajstić information content (AvgIpc) is 2.83. The van der Waals surface area contributed by atoms with Crippen LogP contribution in [0, 0.1) is 13.8 Å². The van der Waals surface area contributed by atoms with Gasteiger partial charge in [0.2, 0.25) is 0 Å². The maximum atomic E-state index is 12.0. The minimum atomic E-state index is -4.19. The summed E-state index contributed by atoms with van der Waals surface area (Å²) in [6, 6.07) is 0. The number of H-pyrrole nitrogens is 1. The second kappa shape index (κ2) is 4.85. The minimum Gasteiger partial charge on any atom is -0.478 e. The number of nitrogens with zero attached hydrogens (tertiary/aromatic N) is 4. The van der Waals surface area contributed by atoms with E-state index in [0.717, 1.165) is 6.20 Å². The molecule has 0 saturated heterocycles. The third kappa shape index (κ3) is 2.56. The number of aromatic nitrogens is 5. The Labute approximate surface area is 113 Å². The number of carbonyl (C=O) groups is 1. The maximum Gasteiger partial charge on any atom is 0.340 e. The van der Waals surface area contributed by atoms with Crippen molar-refractivity contribution in [2.24, 2.45) is 0 Å².